The summed E-state index contributed by atoms with van der Waals surface area (Å²) in [6.07, 6.45) is 7.05. The maximum Gasteiger partial charge on any atom is 0.253 e. The Hall–Kier alpha value is -2.86. The number of fused-ring (bicyclic) bond motifs is 2. The molecule has 3 aromatic heterocycles. The van der Waals surface area contributed by atoms with Gasteiger partial charge in [0.05, 0.1) is 12.4 Å². The smallest absolute Gasteiger partial charge is 0.253 e. The summed E-state index contributed by atoms with van der Waals surface area (Å²) in [5, 5.41) is 4.68. The summed E-state index contributed by atoms with van der Waals surface area (Å²) in [4.78, 5) is 23.4. The molecule has 6 nitrogen and oxygen atoms in total. The second-order valence-corrected chi connectivity index (χ2v) is 5.61. The van der Waals surface area contributed by atoms with Crippen LogP contribution in [0.4, 0.5) is 5.82 Å². The van der Waals surface area contributed by atoms with E-state index in [-0.39, 0.29) is 5.56 Å². The summed E-state index contributed by atoms with van der Waals surface area (Å²) in [7, 11) is 0. The second-order valence-electron chi connectivity index (χ2n) is 5.17. The SMILES string of the molecule is O=c1[nH]c2ccc(Cl)cc2cc1CNc1cn2ccnc2cn1. The zero-order valence-corrected chi connectivity index (χ0v) is 12.7. The molecule has 4 rings (SSSR count). The van der Waals surface area contributed by atoms with Crippen LogP contribution in [0.15, 0.2) is 53.8 Å². The van der Waals surface area contributed by atoms with Crippen molar-refractivity contribution >= 4 is 34.0 Å². The van der Waals surface area contributed by atoms with E-state index in [2.05, 4.69) is 20.3 Å². The predicted molar refractivity (Wildman–Crippen MR) is 89.9 cm³/mol. The monoisotopic (exact) mass is 325 g/mol. The van der Waals surface area contributed by atoms with Gasteiger partial charge in [-0.2, -0.15) is 0 Å². The molecule has 0 aliphatic heterocycles. The second kappa shape index (κ2) is 5.40. The van der Waals surface area contributed by atoms with Crippen molar-refractivity contribution in [3.05, 3.63) is 70.0 Å². The third kappa shape index (κ3) is 2.64. The Labute approximate surface area is 135 Å². The van der Waals surface area contributed by atoms with Gasteiger partial charge in [0.1, 0.15) is 5.82 Å². The molecule has 7 heteroatoms. The molecule has 0 spiro atoms. The van der Waals surface area contributed by atoms with Gasteiger partial charge in [-0.25, -0.2) is 9.97 Å². The molecule has 0 saturated carbocycles. The highest BCUT2D eigenvalue weighted by atomic mass is 35.5. The van der Waals surface area contributed by atoms with E-state index in [9.17, 15) is 4.79 Å². The molecule has 2 N–H and O–H groups in total. The number of aromatic nitrogens is 4. The molecule has 0 atom stereocenters. The highest BCUT2D eigenvalue weighted by molar-refractivity contribution is 6.31. The van der Waals surface area contributed by atoms with Crippen LogP contribution in [0, 0.1) is 0 Å². The Bertz CT molecular complexity index is 1070. The highest BCUT2D eigenvalue weighted by Gasteiger charge is 2.05. The van der Waals surface area contributed by atoms with Crippen molar-refractivity contribution in [2.45, 2.75) is 6.54 Å². The van der Waals surface area contributed by atoms with Gasteiger partial charge in [0.2, 0.25) is 0 Å². The molecule has 0 amide bonds. The Balaban J connectivity index is 1.63. The topological polar surface area (TPSA) is 75.1 Å². The summed E-state index contributed by atoms with van der Waals surface area (Å²) in [6, 6.07) is 7.21. The molecule has 0 aliphatic rings. The first-order chi connectivity index (χ1) is 11.2. The van der Waals surface area contributed by atoms with Gasteiger partial charge in [-0.3, -0.25) is 4.79 Å². The van der Waals surface area contributed by atoms with Gasteiger partial charge in [-0.15, -0.1) is 0 Å². The predicted octanol–water partition coefficient (Wildman–Crippen LogP) is 2.84. The van der Waals surface area contributed by atoms with E-state index in [4.69, 9.17) is 11.6 Å². The molecule has 1 aromatic carbocycles. The van der Waals surface area contributed by atoms with Gasteiger partial charge < -0.3 is 14.7 Å². The number of aromatic amines is 1. The Kier molecular flexibility index (Phi) is 3.24. The number of hydrogen-bond acceptors (Lipinski definition) is 4. The zero-order chi connectivity index (χ0) is 15.8. The lowest BCUT2D eigenvalue weighted by Gasteiger charge is -2.07. The number of hydrogen-bond donors (Lipinski definition) is 2. The third-order valence-corrected chi connectivity index (χ3v) is 3.86. The van der Waals surface area contributed by atoms with Gasteiger partial charge in [0, 0.05) is 40.4 Å². The summed E-state index contributed by atoms with van der Waals surface area (Å²) < 4.78 is 1.86. The number of pyridine rings is 1. The van der Waals surface area contributed by atoms with Crippen molar-refractivity contribution in [3.8, 4) is 0 Å². The first-order valence-electron chi connectivity index (χ1n) is 7.03. The van der Waals surface area contributed by atoms with Crippen LogP contribution in [0.2, 0.25) is 5.02 Å². The van der Waals surface area contributed by atoms with Crippen molar-refractivity contribution in [2.24, 2.45) is 0 Å². The number of anilines is 1. The van der Waals surface area contributed by atoms with E-state index in [1.165, 1.54) is 0 Å². The average Bonchev–Trinajstić information content (AvgIpc) is 3.01. The number of nitrogens with one attached hydrogen (secondary N) is 2. The summed E-state index contributed by atoms with van der Waals surface area (Å²) in [5.41, 5.74) is 2.03. The van der Waals surface area contributed by atoms with Crippen LogP contribution in [0.5, 0.6) is 0 Å². The lowest BCUT2D eigenvalue weighted by atomic mass is 10.1. The van der Waals surface area contributed by atoms with E-state index in [1.807, 2.05) is 28.9 Å². The number of rotatable bonds is 3. The van der Waals surface area contributed by atoms with Crippen molar-refractivity contribution in [2.75, 3.05) is 5.32 Å². The largest absolute Gasteiger partial charge is 0.365 e. The number of benzene rings is 1. The summed E-state index contributed by atoms with van der Waals surface area (Å²) in [6.45, 7) is 0.366. The van der Waals surface area contributed by atoms with Crippen LogP contribution in [0.25, 0.3) is 16.6 Å². The maximum atomic E-state index is 12.1. The van der Waals surface area contributed by atoms with Crippen molar-refractivity contribution < 1.29 is 0 Å². The molecule has 3 heterocycles. The molecule has 0 fully saturated rings. The Morgan fingerprint density at radius 2 is 2.17 bits per heavy atom. The van der Waals surface area contributed by atoms with Crippen LogP contribution >= 0.6 is 11.6 Å². The first kappa shape index (κ1) is 13.8. The normalized spacial score (nSPS) is 11.2. The first-order valence-corrected chi connectivity index (χ1v) is 7.41. The van der Waals surface area contributed by atoms with E-state index >= 15 is 0 Å². The molecular weight excluding hydrogens is 314 g/mol. The summed E-state index contributed by atoms with van der Waals surface area (Å²) in [5.74, 6) is 0.668. The maximum absolute atomic E-state index is 12.1. The standard InChI is InChI=1S/C16H12ClN5O/c17-12-1-2-13-10(6-12)5-11(16(23)21-13)7-19-14-9-22-4-3-18-15(22)8-20-14/h1-6,8-9,19H,7H2,(H,21,23). The van der Waals surface area contributed by atoms with Gasteiger partial charge in [-0.05, 0) is 24.3 Å². The fourth-order valence-electron chi connectivity index (χ4n) is 2.46. The molecule has 0 saturated heterocycles. The Morgan fingerprint density at radius 1 is 1.26 bits per heavy atom. The molecule has 0 bridgehead atoms. The summed E-state index contributed by atoms with van der Waals surface area (Å²) >= 11 is 6.00. The highest BCUT2D eigenvalue weighted by Crippen LogP contribution is 2.17. The lowest BCUT2D eigenvalue weighted by molar-refractivity contribution is 1.04. The molecule has 0 unspecified atom stereocenters. The number of halogens is 1. The molecule has 114 valence electrons. The zero-order valence-electron chi connectivity index (χ0n) is 12.0. The average molecular weight is 326 g/mol. The van der Waals surface area contributed by atoms with Crippen LogP contribution in [0.3, 0.4) is 0 Å². The van der Waals surface area contributed by atoms with Crippen LogP contribution in [0.1, 0.15) is 5.56 Å². The molecule has 0 aliphatic carbocycles. The quantitative estimate of drug-likeness (QED) is 0.607. The van der Waals surface area contributed by atoms with Gasteiger partial charge in [0.15, 0.2) is 5.65 Å². The van der Waals surface area contributed by atoms with E-state index in [1.54, 1.807) is 24.5 Å². The minimum atomic E-state index is -0.129. The minimum absolute atomic E-state index is 0.129. The van der Waals surface area contributed by atoms with Gasteiger partial charge in [0.25, 0.3) is 5.56 Å². The van der Waals surface area contributed by atoms with Crippen LogP contribution in [-0.2, 0) is 6.54 Å². The van der Waals surface area contributed by atoms with Crippen molar-refractivity contribution in [3.63, 3.8) is 0 Å². The third-order valence-electron chi connectivity index (χ3n) is 3.62. The lowest BCUT2D eigenvalue weighted by Crippen LogP contribution is -2.16. The molecule has 0 radical (unpaired) electrons. The van der Waals surface area contributed by atoms with Crippen molar-refractivity contribution in [1.29, 1.82) is 0 Å². The fraction of sp³-hybridized carbons (Fsp3) is 0.0625. The number of imidazole rings is 1. The van der Waals surface area contributed by atoms with Gasteiger partial charge >= 0.3 is 0 Å². The molecule has 23 heavy (non-hydrogen) atoms. The van der Waals surface area contributed by atoms with E-state index in [0.717, 1.165) is 16.6 Å². The van der Waals surface area contributed by atoms with Crippen LogP contribution < -0.4 is 10.9 Å². The number of H-pyrrole nitrogens is 1. The van der Waals surface area contributed by atoms with Crippen LogP contribution in [-0.4, -0.2) is 19.4 Å². The fourth-order valence-corrected chi connectivity index (χ4v) is 2.64. The minimum Gasteiger partial charge on any atom is -0.365 e. The molecular formula is C16H12ClN5O. The van der Waals surface area contributed by atoms with Gasteiger partial charge in [-0.1, -0.05) is 11.6 Å². The van der Waals surface area contributed by atoms with E-state index in [0.29, 0.717) is 22.9 Å². The number of nitrogens with zero attached hydrogens (tertiary/aromatic N) is 3. The Morgan fingerprint density at radius 3 is 3.09 bits per heavy atom. The van der Waals surface area contributed by atoms with E-state index < -0.39 is 0 Å². The van der Waals surface area contributed by atoms with Crippen molar-refractivity contribution in [1.82, 2.24) is 19.4 Å². The molecule has 4 aromatic rings.